The molecule has 0 bridgehead atoms. The number of halogens is 1. The second-order valence-electron chi connectivity index (χ2n) is 10.4. The van der Waals surface area contributed by atoms with Gasteiger partial charge in [-0.05, 0) is 65.4 Å². The zero-order valence-electron chi connectivity index (χ0n) is 24.7. The number of rotatable bonds is 12. The lowest BCUT2D eigenvalue weighted by Gasteiger charge is -2.17. The molecule has 8 heteroatoms. The highest BCUT2D eigenvalue weighted by molar-refractivity contribution is 6.32. The lowest BCUT2D eigenvalue weighted by Crippen LogP contribution is -2.03. The molecule has 1 heterocycles. The fraction of sp³-hybridized carbons (Fsp3) is 0.135. The Morgan fingerprint density at radius 1 is 0.733 bits per heavy atom. The van der Waals surface area contributed by atoms with Gasteiger partial charge in [0.25, 0.3) is 0 Å². The average molecular weight is 617 g/mol. The number of carbonyl (C=O) groups excluding carboxylic acids is 2. The highest BCUT2D eigenvalue weighted by Crippen LogP contribution is 2.36. The van der Waals surface area contributed by atoms with Gasteiger partial charge in [-0.15, -0.1) is 0 Å². The summed E-state index contributed by atoms with van der Waals surface area (Å²) in [6, 6.07) is 26.2. The van der Waals surface area contributed by atoms with E-state index in [1.807, 2.05) is 56.3 Å². The second-order valence-corrected chi connectivity index (χ2v) is 10.8. The van der Waals surface area contributed by atoms with Gasteiger partial charge < -0.3 is 14.2 Å². The van der Waals surface area contributed by atoms with Crippen molar-refractivity contribution >= 4 is 24.2 Å². The Hall–Kier alpha value is -5.45. The van der Waals surface area contributed by atoms with Crippen LogP contribution in [0.3, 0.4) is 0 Å². The van der Waals surface area contributed by atoms with Gasteiger partial charge in [0.1, 0.15) is 49.4 Å². The van der Waals surface area contributed by atoms with Crippen LogP contribution >= 0.6 is 11.6 Å². The molecule has 0 amide bonds. The quantitative estimate of drug-likeness (QED) is 0.130. The molecule has 0 saturated heterocycles. The van der Waals surface area contributed by atoms with Crippen molar-refractivity contribution in [3.8, 4) is 34.4 Å². The van der Waals surface area contributed by atoms with E-state index in [1.54, 1.807) is 30.5 Å². The third kappa shape index (κ3) is 7.38. The van der Waals surface area contributed by atoms with Gasteiger partial charge in [0, 0.05) is 29.6 Å². The van der Waals surface area contributed by atoms with E-state index in [0.29, 0.717) is 41.1 Å². The van der Waals surface area contributed by atoms with Crippen molar-refractivity contribution in [1.29, 1.82) is 5.26 Å². The minimum atomic E-state index is 0.111. The fourth-order valence-corrected chi connectivity index (χ4v) is 5.10. The Balaban J connectivity index is 1.32. The van der Waals surface area contributed by atoms with Gasteiger partial charge in [0.2, 0.25) is 0 Å². The van der Waals surface area contributed by atoms with Gasteiger partial charge in [0.05, 0.1) is 16.1 Å². The van der Waals surface area contributed by atoms with Crippen molar-refractivity contribution < 1.29 is 23.8 Å². The van der Waals surface area contributed by atoms with Gasteiger partial charge in [0.15, 0.2) is 6.29 Å². The number of aromatic nitrogens is 1. The van der Waals surface area contributed by atoms with Crippen molar-refractivity contribution in [3.63, 3.8) is 0 Å². The maximum atomic E-state index is 11.7. The molecule has 0 atom stereocenters. The van der Waals surface area contributed by atoms with E-state index in [1.165, 1.54) is 12.3 Å². The predicted octanol–water partition coefficient (Wildman–Crippen LogP) is 8.25. The Bertz CT molecular complexity index is 1900. The number of aldehydes is 2. The van der Waals surface area contributed by atoms with Gasteiger partial charge in [-0.25, -0.2) is 0 Å². The van der Waals surface area contributed by atoms with Gasteiger partial charge in [-0.2, -0.15) is 5.26 Å². The van der Waals surface area contributed by atoms with E-state index in [4.69, 9.17) is 31.1 Å². The summed E-state index contributed by atoms with van der Waals surface area (Å²) in [7, 11) is 0. The van der Waals surface area contributed by atoms with Crippen LogP contribution in [0.2, 0.25) is 5.02 Å². The molecule has 0 aliphatic heterocycles. The molecule has 224 valence electrons. The minimum absolute atomic E-state index is 0.111. The first-order valence-corrected chi connectivity index (χ1v) is 14.5. The van der Waals surface area contributed by atoms with Crippen molar-refractivity contribution in [1.82, 2.24) is 4.98 Å². The summed E-state index contributed by atoms with van der Waals surface area (Å²) < 4.78 is 18.2. The first-order valence-electron chi connectivity index (χ1n) is 14.1. The molecular weight excluding hydrogens is 588 g/mol. The highest BCUT2D eigenvalue weighted by atomic mass is 35.5. The summed E-state index contributed by atoms with van der Waals surface area (Å²) in [4.78, 5) is 26.7. The Morgan fingerprint density at radius 3 is 2.16 bits per heavy atom. The van der Waals surface area contributed by atoms with E-state index in [9.17, 15) is 9.59 Å². The number of nitriles is 1. The van der Waals surface area contributed by atoms with Gasteiger partial charge in [-0.3, -0.25) is 14.6 Å². The molecular formula is C37H29ClN2O5. The smallest absolute Gasteiger partial charge is 0.153 e. The third-order valence-electron chi connectivity index (χ3n) is 7.42. The topological polar surface area (TPSA) is 98.5 Å². The number of hydrogen-bond donors (Lipinski definition) is 0. The summed E-state index contributed by atoms with van der Waals surface area (Å²) in [5, 5.41) is 9.41. The highest BCUT2D eigenvalue weighted by Gasteiger charge is 2.15. The molecule has 0 unspecified atom stereocenters. The van der Waals surface area contributed by atoms with Crippen LogP contribution in [-0.4, -0.2) is 17.6 Å². The summed E-state index contributed by atoms with van der Waals surface area (Å²) in [6.07, 6.45) is 4.56. The number of ether oxygens (including phenoxy) is 3. The Morgan fingerprint density at radius 2 is 1.42 bits per heavy atom. The van der Waals surface area contributed by atoms with Gasteiger partial charge in [-0.1, -0.05) is 66.2 Å². The number of hydrogen-bond acceptors (Lipinski definition) is 7. The molecule has 0 saturated carbocycles. The first-order chi connectivity index (χ1) is 21.9. The zero-order chi connectivity index (χ0) is 31.8. The van der Waals surface area contributed by atoms with Crippen LogP contribution in [0.4, 0.5) is 0 Å². The van der Waals surface area contributed by atoms with E-state index in [0.717, 1.165) is 45.4 Å². The van der Waals surface area contributed by atoms with Crippen molar-refractivity contribution in [2.24, 2.45) is 0 Å². The number of carbonyl (C=O) groups is 2. The normalized spacial score (nSPS) is 10.5. The molecule has 45 heavy (non-hydrogen) atoms. The standard InChI is InChI=1S/C37H29ClN2O5/c1-24-30(23-45-37-15-36(31(20-42)14-34(37)38)44-22-29-13-28(16-39)17-40-18-29)5-3-6-32(24)33-7-4-8-35(25(33)2)43-21-27-11-9-26(19-41)10-12-27/h3-15,17-20H,21-23H2,1-2H3. The molecule has 5 rings (SSSR count). The lowest BCUT2D eigenvalue weighted by atomic mass is 9.93. The first kappa shape index (κ1) is 31.0. The Kier molecular flexibility index (Phi) is 9.88. The fourth-order valence-electron chi connectivity index (χ4n) is 4.87. The van der Waals surface area contributed by atoms with Crippen LogP contribution in [0.15, 0.2) is 91.3 Å². The van der Waals surface area contributed by atoms with Crippen LogP contribution in [0.1, 0.15) is 54.1 Å². The number of benzene rings is 4. The van der Waals surface area contributed by atoms with Crippen LogP contribution in [0.5, 0.6) is 17.2 Å². The van der Waals surface area contributed by atoms with Gasteiger partial charge >= 0.3 is 0 Å². The summed E-state index contributed by atoms with van der Waals surface area (Å²) in [6.45, 7) is 4.81. The molecule has 0 N–H and O–H groups in total. The van der Waals surface area contributed by atoms with E-state index in [-0.39, 0.29) is 23.8 Å². The lowest BCUT2D eigenvalue weighted by molar-refractivity contribution is 0.111. The molecule has 0 spiro atoms. The molecule has 0 radical (unpaired) electrons. The SMILES string of the molecule is Cc1c(COc2cc(OCc3cncc(C#N)c3)c(C=O)cc2Cl)cccc1-c1cccc(OCc2ccc(C=O)cc2)c1C. The third-order valence-corrected chi connectivity index (χ3v) is 7.72. The zero-order valence-corrected chi connectivity index (χ0v) is 25.5. The molecule has 0 aliphatic carbocycles. The molecule has 0 fully saturated rings. The van der Waals surface area contributed by atoms with E-state index in [2.05, 4.69) is 17.1 Å². The number of nitrogens with zero attached hydrogens (tertiary/aromatic N) is 2. The number of pyridine rings is 1. The van der Waals surface area contributed by atoms with Crippen LogP contribution in [0.25, 0.3) is 11.1 Å². The summed E-state index contributed by atoms with van der Waals surface area (Å²) in [5.74, 6) is 1.46. The monoisotopic (exact) mass is 616 g/mol. The molecule has 0 aliphatic rings. The van der Waals surface area contributed by atoms with Crippen LogP contribution < -0.4 is 14.2 Å². The van der Waals surface area contributed by atoms with Crippen molar-refractivity contribution in [3.05, 3.63) is 141 Å². The largest absolute Gasteiger partial charge is 0.489 e. The molecule has 4 aromatic carbocycles. The van der Waals surface area contributed by atoms with Crippen LogP contribution in [0, 0.1) is 25.2 Å². The average Bonchev–Trinajstić information content (AvgIpc) is 3.07. The molecule has 5 aromatic rings. The predicted molar refractivity (Wildman–Crippen MR) is 172 cm³/mol. The molecule has 1 aromatic heterocycles. The van der Waals surface area contributed by atoms with E-state index < -0.39 is 0 Å². The molecule has 7 nitrogen and oxygen atoms in total. The second kappa shape index (κ2) is 14.3. The van der Waals surface area contributed by atoms with E-state index >= 15 is 0 Å². The minimum Gasteiger partial charge on any atom is -0.489 e. The van der Waals surface area contributed by atoms with Crippen LogP contribution in [-0.2, 0) is 19.8 Å². The summed E-state index contributed by atoms with van der Waals surface area (Å²) >= 11 is 6.48. The maximum Gasteiger partial charge on any atom is 0.153 e. The Labute approximate surface area is 266 Å². The summed E-state index contributed by atoms with van der Waals surface area (Å²) in [5.41, 5.74) is 8.10. The maximum absolute atomic E-state index is 11.7. The van der Waals surface area contributed by atoms with Crippen molar-refractivity contribution in [2.75, 3.05) is 0 Å². The van der Waals surface area contributed by atoms with Crippen molar-refractivity contribution in [2.45, 2.75) is 33.7 Å².